The second-order valence-corrected chi connectivity index (χ2v) is 3.13. The van der Waals surface area contributed by atoms with E-state index in [0.29, 0.717) is 5.56 Å². The van der Waals surface area contributed by atoms with E-state index in [1.54, 1.807) is 6.07 Å². The molecule has 0 saturated carbocycles. The van der Waals surface area contributed by atoms with Gasteiger partial charge in [-0.3, -0.25) is 10.1 Å². The number of phenols is 2. The first-order chi connectivity index (χ1) is 6.66. The van der Waals surface area contributed by atoms with Gasteiger partial charge in [0.25, 0.3) is 0 Å². The molecular weight excluding hydrogens is 184 g/mol. The standard InChI is InChI=1S/C9H10N2O3/c12-6-2-1-5(3-7(6)13)9-10-4-8(14)11-9/h1-3,9-10,12-13H,4H2,(H,11,14). The zero-order chi connectivity index (χ0) is 10.1. The lowest BCUT2D eigenvalue weighted by Gasteiger charge is -2.11. The first-order valence-electron chi connectivity index (χ1n) is 4.21. The summed E-state index contributed by atoms with van der Waals surface area (Å²) in [7, 11) is 0. The van der Waals surface area contributed by atoms with E-state index in [4.69, 9.17) is 5.11 Å². The molecule has 1 aromatic carbocycles. The van der Waals surface area contributed by atoms with Crippen molar-refractivity contribution < 1.29 is 15.0 Å². The quantitative estimate of drug-likeness (QED) is 0.467. The third-order valence-electron chi connectivity index (χ3n) is 2.10. The molecule has 0 bridgehead atoms. The van der Waals surface area contributed by atoms with Gasteiger partial charge in [-0.2, -0.15) is 0 Å². The predicted molar refractivity (Wildman–Crippen MR) is 48.7 cm³/mol. The van der Waals surface area contributed by atoms with Crippen molar-refractivity contribution in [3.05, 3.63) is 23.8 Å². The summed E-state index contributed by atoms with van der Waals surface area (Å²) in [6.45, 7) is 0.270. The van der Waals surface area contributed by atoms with E-state index in [1.165, 1.54) is 12.1 Å². The first kappa shape index (κ1) is 8.83. The fourth-order valence-corrected chi connectivity index (χ4v) is 1.38. The first-order valence-corrected chi connectivity index (χ1v) is 4.21. The highest BCUT2D eigenvalue weighted by Gasteiger charge is 2.21. The molecule has 0 radical (unpaired) electrons. The average molecular weight is 194 g/mol. The Morgan fingerprint density at radius 3 is 2.64 bits per heavy atom. The van der Waals surface area contributed by atoms with Crippen LogP contribution < -0.4 is 10.6 Å². The minimum absolute atomic E-state index is 0.0810. The minimum atomic E-state index is -0.283. The van der Waals surface area contributed by atoms with Gasteiger partial charge in [-0.05, 0) is 17.7 Å². The molecule has 1 atom stereocenters. The van der Waals surface area contributed by atoms with E-state index in [2.05, 4.69) is 10.6 Å². The van der Waals surface area contributed by atoms with Crippen LogP contribution in [0.15, 0.2) is 18.2 Å². The molecular formula is C9H10N2O3. The number of carbonyl (C=O) groups is 1. The van der Waals surface area contributed by atoms with E-state index in [0.717, 1.165) is 0 Å². The molecule has 1 amide bonds. The molecule has 1 unspecified atom stereocenters. The van der Waals surface area contributed by atoms with Crippen molar-refractivity contribution in [3.63, 3.8) is 0 Å². The Labute approximate surface area is 80.4 Å². The van der Waals surface area contributed by atoms with Crippen LogP contribution in [0.5, 0.6) is 11.5 Å². The summed E-state index contributed by atoms with van der Waals surface area (Å²) in [4.78, 5) is 10.9. The maximum Gasteiger partial charge on any atom is 0.235 e. The third kappa shape index (κ3) is 1.49. The van der Waals surface area contributed by atoms with E-state index >= 15 is 0 Å². The van der Waals surface area contributed by atoms with Crippen LogP contribution in [0.25, 0.3) is 0 Å². The molecule has 1 aliphatic heterocycles. The Morgan fingerprint density at radius 2 is 2.07 bits per heavy atom. The van der Waals surface area contributed by atoms with Crippen molar-refractivity contribution in [2.24, 2.45) is 0 Å². The van der Waals surface area contributed by atoms with Gasteiger partial charge >= 0.3 is 0 Å². The number of nitrogens with one attached hydrogen (secondary N) is 2. The summed E-state index contributed by atoms with van der Waals surface area (Å²) >= 11 is 0. The molecule has 1 aromatic rings. The van der Waals surface area contributed by atoms with Crippen LogP contribution in [0.3, 0.4) is 0 Å². The molecule has 14 heavy (non-hydrogen) atoms. The van der Waals surface area contributed by atoms with E-state index in [1.807, 2.05) is 0 Å². The summed E-state index contributed by atoms with van der Waals surface area (Å²) in [5.74, 6) is -0.439. The lowest BCUT2D eigenvalue weighted by Crippen LogP contribution is -2.22. The Balaban J connectivity index is 2.24. The fraction of sp³-hybridized carbons (Fsp3) is 0.222. The molecule has 0 spiro atoms. The Morgan fingerprint density at radius 1 is 1.29 bits per heavy atom. The number of hydrogen-bond acceptors (Lipinski definition) is 4. The van der Waals surface area contributed by atoms with Gasteiger partial charge in [-0.1, -0.05) is 6.07 Å². The van der Waals surface area contributed by atoms with Crippen LogP contribution >= 0.6 is 0 Å². The van der Waals surface area contributed by atoms with Crippen molar-refractivity contribution in [1.29, 1.82) is 0 Å². The van der Waals surface area contributed by atoms with Crippen LogP contribution in [0.4, 0.5) is 0 Å². The number of aromatic hydroxyl groups is 2. The maximum absolute atomic E-state index is 10.9. The lowest BCUT2D eigenvalue weighted by atomic mass is 10.1. The highest BCUT2D eigenvalue weighted by molar-refractivity contribution is 5.80. The van der Waals surface area contributed by atoms with Gasteiger partial charge in [0.1, 0.15) is 6.17 Å². The molecule has 2 rings (SSSR count). The number of amides is 1. The van der Waals surface area contributed by atoms with Gasteiger partial charge in [0.2, 0.25) is 5.91 Å². The van der Waals surface area contributed by atoms with Gasteiger partial charge in [0, 0.05) is 0 Å². The van der Waals surface area contributed by atoms with Crippen LogP contribution in [-0.2, 0) is 4.79 Å². The van der Waals surface area contributed by atoms with E-state index in [-0.39, 0.29) is 30.1 Å². The lowest BCUT2D eigenvalue weighted by molar-refractivity contribution is -0.118. The largest absolute Gasteiger partial charge is 0.504 e. The smallest absolute Gasteiger partial charge is 0.235 e. The molecule has 0 aromatic heterocycles. The minimum Gasteiger partial charge on any atom is -0.504 e. The molecule has 1 fully saturated rings. The Bertz CT molecular complexity index is 378. The SMILES string of the molecule is O=C1CNC(c2ccc(O)c(O)c2)N1. The number of carbonyl (C=O) groups excluding carboxylic acids is 1. The van der Waals surface area contributed by atoms with Gasteiger partial charge < -0.3 is 15.5 Å². The fourth-order valence-electron chi connectivity index (χ4n) is 1.38. The summed E-state index contributed by atoms with van der Waals surface area (Å²) in [6, 6.07) is 4.44. The Kier molecular flexibility index (Phi) is 2.01. The zero-order valence-corrected chi connectivity index (χ0v) is 7.32. The molecule has 74 valence electrons. The molecule has 5 nitrogen and oxygen atoms in total. The number of phenolic OH excluding ortho intramolecular Hbond substituents is 2. The second-order valence-electron chi connectivity index (χ2n) is 3.13. The molecule has 1 aliphatic rings. The third-order valence-corrected chi connectivity index (χ3v) is 2.10. The number of hydrogen-bond donors (Lipinski definition) is 4. The highest BCUT2D eigenvalue weighted by atomic mass is 16.3. The highest BCUT2D eigenvalue weighted by Crippen LogP contribution is 2.27. The predicted octanol–water partition coefficient (Wildman–Crippen LogP) is -0.184. The van der Waals surface area contributed by atoms with Gasteiger partial charge in [-0.15, -0.1) is 0 Å². The Hall–Kier alpha value is -1.75. The summed E-state index contributed by atoms with van der Waals surface area (Å²) in [5, 5.41) is 23.9. The zero-order valence-electron chi connectivity index (χ0n) is 7.32. The van der Waals surface area contributed by atoms with Crippen LogP contribution in [0.2, 0.25) is 0 Å². The summed E-state index contributed by atoms with van der Waals surface area (Å²) in [5.41, 5.74) is 0.714. The molecule has 1 saturated heterocycles. The molecule has 0 aliphatic carbocycles. The van der Waals surface area contributed by atoms with Crippen molar-refractivity contribution in [2.45, 2.75) is 6.17 Å². The maximum atomic E-state index is 10.9. The monoisotopic (exact) mass is 194 g/mol. The second kappa shape index (κ2) is 3.19. The normalized spacial score (nSPS) is 20.9. The van der Waals surface area contributed by atoms with Gasteiger partial charge in [-0.25, -0.2) is 0 Å². The van der Waals surface area contributed by atoms with E-state index < -0.39 is 0 Å². The van der Waals surface area contributed by atoms with Gasteiger partial charge in [0.15, 0.2) is 11.5 Å². The van der Waals surface area contributed by atoms with Gasteiger partial charge in [0.05, 0.1) is 6.54 Å². The molecule has 1 heterocycles. The van der Waals surface area contributed by atoms with Crippen molar-refractivity contribution >= 4 is 5.91 Å². The average Bonchev–Trinajstić information content (AvgIpc) is 2.57. The van der Waals surface area contributed by atoms with Crippen LogP contribution in [0, 0.1) is 0 Å². The summed E-state index contributed by atoms with van der Waals surface area (Å²) in [6.07, 6.45) is -0.283. The topological polar surface area (TPSA) is 81.6 Å². The number of benzene rings is 1. The summed E-state index contributed by atoms with van der Waals surface area (Å²) < 4.78 is 0. The van der Waals surface area contributed by atoms with Crippen LogP contribution in [-0.4, -0.2) is 22.7 Å². The number of rotatable bonds is 1. The van der Waals surface area contributed by atoms with E-state index in [9.17, 15) is 9.90 Å². The van der Waals surface area contributed by atoms with Crippen molar-refractivity contribution in [1.82, 2.24) is 10.6 Å². The van der Waals surface area contributed by atoms with Crippen molar-refractivity contribution in [2.75, 3.05) is 6.54 Å². The molecule has 5 heteroatoms. The van der Waals surface area contributed by atoms with Crippen LogP contribution in [0.1, 0.15) is 11.7 Å². The molecule has 4 N–H and O–H groups in total. The van der Waals surface area contributed by atoms with Crippen molar-refractivity contribution in [3.8, 4) is 11.5 Å².